The van der Waals surface area contributed by atoms with Crippen LogP contribution in [0.5, 0.6) is 11.5 Å². The zero-order valence-corrected chi connectivity index (χ0v) is 20.9. The third-order valence-electron chi connectivity index (χ3n) is 5.76. The number of ether oxygens (including phenoxy) is 1. The highest BCUT2D eigenvalue weighted by molar-refractivity contribution is 7.13. The Balaban J connectivity index is 1.07. The van der Waals surface area contributed by atoms with Gasteiger partial charge in [0.15, 0.2) is 5.13 Å². The van der Waals surface area contributed by atoms with E-state index in [0.717, 1.165) is 11.6 Å². The number of carbonyl (C=O) groups excluding carboxylic acids is 2. The number of pyridine rings is 1. The molecule has 37 heavy (non-hydrogen) atoms. The highest BCUT2D eigenvalue weighted by Gasteiger charge is 2.22. The van der Waals surface area contributed by atoms with Crippen LogP contribution in [-0.2, 0) is 11.2 Å². The molecule has 4 aromatic rings. The first-order valence-electron chi connectivity index (χ1n) is 11.9. The second-order valence-electron chi connectivity index (χ2n) is 8.40. The molecule has 0 unspecified atom stereocenters. The molecule has 3 amide bonds. The van der Waals surface area contributed by atoms with Gasteiger partial charge in [0, 0.05) is 43.4 Å². The Kier molecular flexibility index (Phi) is 7.56. The lowest BCUT2D eigenvalue weighted by atomic mass is 10.2. The van der Waals surface area contributed by atoms with E-state index in [-0.39, 0.29) is 18.4 Å². The lowest BCUT2D eigenvalue weighted by Gasteiger charge is -2.35. The summed E-state index contributed by atoms with van der Waals surface area (Å²) in [6.45, 7) is 2.62. The number of aromatic nitrogens is 2. The number of amides is 3. The Labute approximate surface area is 218 Å². The van der Waals surface area contributed by atoms with Crippen molar-refractivity contribution in [3.05, 3.63) is 90.1 Å². The summed E-state index contributed by atoms with van der Waals surface area (Å²) in [5.41, 5.74) is 1.26. The van der Waals surface area contributed by atoms with E-state index in [1.54, 1.807) is 40.7 Å². The smallest absolute Gasteiger partial charge is 0.323 e. The van der Waals surface area contributed by atoms with E-state index < -0.39 is 0 Å². The molecule has 1 saturated heterocycles. The Morgan fingerprint density at radius 1 is 0.865 bits per heavy atom. The van der Waals surface area contributed by atoms with Gasteiger partial charge in [-0.05, 0) is 48.5 Å². The average Bonchev–Trinajstić information content (AvgIpc) is 3.37. The molecular formula is C27H26N6O3S. The van der Waals surface area contributed by atoms with E-state index in [0.29, 0.717) is 48.4 Å². The third kappa shape index (κ3) is 6.62. The van der Waals surface area contributed by atoms with E-state index in [4.69, 9.17) is 4.74 Å². The Bertz CT molecular complexity index is 1320. The van der Waals surface area contributed by atoms with Gasteiger partial charge in [0.25, 0.3) is 0 Å². The van der Waals surface area contributed by atoms with Gasteiger partial charge in [-0.3, -0.25) is 10.1 Å². The van der Waals surface area contributed by atoms with E-state index in [2.05, 4.69) is 25.5 Å². The van der Waals surface area contributed by atoms with Gasteiger partial charge >= 0.3 is 6.03 Å². The number of carbonyl (C=O) groups is 2. The van der Waals surface area contributed by atoms with Crippen LogP contribution in [0.15, 0.2) is 84.4 Å². The maximum Gasteiger partial charge on any atom is 0.323 e. The molecule has 1 fully saturated rings. The molecule has 0 atom stereocenters. The van der Waals surface area contributed by atoms with E-state index in [1.807, 2.05) is 48.5 Å². The maximum atomic E-state index is 12.7. The quantitative estimate of drug-likeness (QED) is 0.365. The van der Waals surface area contributed by atoms with Crippen LogP contribution in [0.3, 0.4) is 0 Å². The van der Waals surface area contributed by atoms with E-state index in [9.17, 15) is 9.59 Å². The predicted octanol–water partition coefficient (Wildman–Crippen LogP) is 4.87. The van der Waals surface area contributed by atoms with Crippen molar-refractivity contribution in [1.29, 1.82) is 0 Å². The zero-order chi connectivity index (χ0) is 25.5. The first kappa shape index (κ1) is 24.3. The number of urea groups is 1. The summed E-state index contributed by atoms with van der Waals surface area (Å²) < 4.78 is 5.77. The fourth-order valence-electron chi connectivity index (χ4n) is 3.90. The molecule has 10 heteroatoms. The second-order valence-corrected chi connectivity index (χ2v) is 9.26. The number of nitrogens with zero attached hydrogens (tertiary/aromatic N) is 4. The van der Waals surface area contributed by atoms with Crippen molar-refractivity contribution in [3.8, 4) is 11.5 Å². The number of hydrogen-bond acceptors (Lipinski definition) is 7. The van der Waals surface area contributed by atoms with Crippen molar-refractivity contribution in [2.45, 2.75) is 6.42 Å². The van der Waals surface area contributed by atoms with Gasteiger partial charge in [-0.1, -0.05) is 24.3 Å². The van der Waals surface area contributed by atoms with Crippen molar-refractivity contribution in [2.75, 3.05) is 41.7 Å². The summed E-state index contributed by atoms with van der Waals surface area (Å²) in [6.07, 6.45) is 1.88. The SMILES string of the molecule is O=C(Cc1csc(NC(=O)N2CCN(c3ccccn3)CC2)n1)Nc1ccc(Oc2ccccc2)cc1. The molecule has 2 aromatic carbocycles. The van der Waals surface area contributed by atoms with Gasteiger partial charge in [-0.15, -0.1) is 11.3 Å². The predicted molar refractivity (Wildman–Crippen MR) is 144 cm³/mol. The minimum atomic E-state index is -0.191. The van der Waals surface area contributed by atoms with Gasteiger partial charge in [-0.2, -0.15) is 0 Å². The molecule has 3 heterocycles. The Morgan fingerprint density at radius 3 is 2.32 bits per heavy atom. The third-order valence-corrected chi connectivity index (χ3v) is 6.57. The number of benzene rings is 2. The molecule has 0 bridgehead atoms. The summed E-state index contributed by atoms with van der Waals surface area (Å²) in [5, 5.41) is 7.97. The van der Waals surface area contributed by atoms with Gasteiger partial charge in [0.2, 0.25) is 5.91 Å². The monoisotopic (exact) mass is 514 g/mol. The number of piperazine rings is 1. The topological polar surface area (TPSA) is 99.7 Å². The number of thiazole rings is 1. The van der Waals surface area contributed by atoms with Crippen LogP contribution in [0.1, 0.15) is 5.69 Å². The largest absolute Gasteiger partial charge is 0.457 e. The maximum absolute atomic E-state index is 12.7. The van der Waals surface area contributed by atoms with E-state index in [1.165, 1.54) is 11.3 Å². The molecule has 188 valence electrons. The van der Waals surface area contributed by atoms with Crippen molar-refractivity contribution >= 4 is 39.9 Å². The molecule has 5 rings (SSSR count). The normalized spacial score (nSPS) is 13.2. The summed E-state index contributed by atoms with van der Waals surface area (Å²) >= 11 is 1.30. The molecular weight excluding hydrogens is 488 g/mol. The summed E-state index contributed by atoms with van der Waals surface area (Å²) in [6, 6.07) is 22.3. The molecule has 0 saturated carbocycles. The molecule has 1 aliphatic rings. The standard InChI is InChI=1S/C27H26N6O3S/c34-25(29-20-9-11-23(12-10-20)36-22-6-2-1-3-7-22)18-21-19-37-26(30-21)31-27(35)33-16-14-32(15-17-33)24-8-4-5-13-28-24/h1-13,19H,14-18H2,(H,29,34)(H,30,31,35). The van der Waals surface area contributed by atoms with Gasteiger partial charge < -0.3 is 19.9 Å². The van der Waals surface area contributed by atoms with Crippen molar-refractivity contribution in [3.63, 3.8) is 0 Å². The van der Waals surface area contributed by atoms with Crippen LogP contribution in [0.2, 0.25) is 0 Å². The molecule has 2 aromatic heterocycles. The minimum Gasteiger partial charge on any atom is -0.457 e. The minimum absolute atomic E-state index is 0.109. The van der Waals surface area contributed by atoms with Crippen LogP contribution >= 0.6 is 11.3 Å². The fraction of sp³-hybridized carbons (Fsp3) is 0.185. The fourth-order valence-corrected chi connectivity index (χ4v) is 4.60. The van der Waals surface area contributed by atoms with Crippen LogP contribution in [0.25, 0.3) is 0 Å². The summed E-state index contributed by atoms with van der Waals surface area (Å²) in [4.78, 5) is 37.9. The molecule has 0 radical (unpaired) electrons. The Hall–Kier alpha value is -4.44. The Morgan fingerprint density at radius 2 is 1.59 bits per heavy atom. The summed E-state index contributed by atoms with van der Waals surface area (Å²) in [7, 11) is 0. The van der Waals surface area contributed by atoms with Crippen molar-refractivity contribution in [2.24, 2.45) is 0 Å². The average molecular weight is 515 g/mol. The lowest BCUT2D eigenvalue weighted by Crippen LogP contribution is -2.50. The summed E-state index contributed by atoms with van der Waals surface area (Å²) in [5.74, 6) is 2.16. The second kappa shape index (κ2) is 11.5. The number of para-hydroxylation sites is 1. The number of rotatable bonds is 7. The highest BCUT2D eigenvalue weighted by atomic mass is 32.1. The van der Waals surface area contributed by atoms with Gasteiger partial charge in [0.05, 0.1) is 12.1 Å². The van der Waals surface area contributed by atoms with E-state index >= 15 is 0 Å². The highest BCUT2D eigenvalue weighted by Crippen LogP contribution is 2.23. The number of anilines is 3. The molecule has 0 spiro atoms. The van der Waals surface area contributed by atoms with Crippen LogP contribution in [-0.4, -0.2) is 53.0 Å². The number of hydrogen-bond donors (Lipinski definition) is 2. The van der Waals surface area contributed by atoms with Crippen molar-refractivity contribution in [1.82, 2.24) is 14.9 Å². The first-order valence-corrected chi connectivity index (χ1v) is 12.8. The van der Waals surface area contributed by atoms with Crippen molar-refractivity contribution < 1.29 is 14.3 Å². The number of nitrogens with one attached hydrogen (secondary N) is 2. The molecule has 2 N–H and O–H groups in total. The molecule has 0 aliphatic carbocycles. The van der Waals surface area contributed by atoms with Crippen LogP contribution < -0.4 is 20.3 Å². The zero-order valence-electron chi connectivity index (χ0n) is 20.0. The van der Waals surface area contributed by atoms with Crippen LogP contribution in [0.4, 0.5) is 21.4 Å². The first-order chi connectivity index (χ1) is 18.1. The van der Waals surface area contributed by atoms with Gasteiger partial charge in [-0.25, -0.2) is 14.8 Å². The molecule has 1 aliphatic heterocycles. The van der Waals surface area contributed by atoms with Gasteiger partial charge in [0.1, 0.15) is 17.3 Å². The molecule has 9 nitrogen and oxygen atoms in total. The lowest BCUT2D eigenvalue weighted by molar-refractivity contribution is -0.115. The van der Waals surface area contributed by atoms with Crippen LogP contribution in [0, 0.1) is 0 Å².